The first-order chi connectivity index (χ1) is 10.7. The molecular formula is C17H20O5. The maximum absolute atomic E-state index is 11.4. The molecule has 0 unspecified atom stereocenters. The van der Waals surface area contributed by atoms with Gasteiger partial charge < -0.3 is 19.0 Å². The van der Waals surface area contributed by atoms with Gasteiger partial charge in [0.05, 0.1) is 19.1 Å². The maximum atomic E-state index is 11.4. The minimum Gasteiger partial charge on any atom is -0.497 e. The van der Waals surface area contributed by atoms with Crippen molar-refractivity contribution < 1.29 is 23.8 Å². The van der Waals surface area contributed by atoms with E-state index in [9.17, 15) is 9.90 Å². The summed E-state index contributed by atoms with van der Waals surface area (Å²) in [6.07, 6.45) is 6.01. The van der Waals surface area contributed by atoms with Crippen LogP contribution in [0, 0.1) is 5.92 Å². The van der Waals surface area contributed by atoms with Crippen LogP contribution in [-0.4, -0.2) is 24.8 Å². The van der Waals surface area contributed by atoms with Crippen molar-refractivity contribution in [2.24, 2.45) is 5.92 Å². The second kappa shape index (κ2) is 6.30. The number of aromatic carboxylic acids is 1. The third-order valence-electron chi connectivity index (χ3n) is 4.23. The van der Waals surface area contributed by atoms with Gasteiger partial charge in [0.2, 0.25) is 0 Å². The molecule has 0 spiro atoms. The van der Waals surface area contributed by atoms with Gasteiger partial charge in [-0.1, -0.05) is 19.3 Å². The summed E-state index contributed by atoms with van der Waals surface area (Å²) < 4.78 is 16.5. The highest BCUT2D eigenvalue weighted by molar-refractivity contribution is 5.98. The Hall–Kier alpha value is -2.17. The number of carboxylic acid groups (broad SMARTS) is 1. The van der Waals surface area contributed by atoms with Gasteiger partial charge in [0.1, 0.15) is 11.3 Å². The van der Waals surface area contributed by atoms with E-state index in [1.807, 2.05) is 0 Å². The number of benzene rings is 1. The SMILES string of the molecule is COc1ccc2oc(C(=O)O)c(OCC3CCCCC3)c2c1. The van der Waals surface area contributed by atoms with Crippen LogP contribution in [-0.2, 0) is 0 Å². The average molecular weight is 304 g/mol. The van der Waals surface area contributed by atoms with Crippen LogP contribution in [0.4, 0.5) is 0 Å². The highest BCUT2D eigenvalue weighted by Gasteiger charge is 2.23. The van der Waals surface area contributed by atoms with Crippen LogP contribution in [0.15, 0.2) is 22.6 Å². The Morgan fingerprint density at radius 2 is 2.09 bits per heavy atom. The number of ether oxygens (including phenoxy) is 2. The van der Waals surface area contributed by atoms with Gasteiger partial charge in [-0.25, -0.2) is 4.79 Å². The molecule has 1 saturated carbocycles. The van der Waals surface area contributed by atoms with Crippen molar-refractivity contribution in [1.29, 1.82) is 0 Å². The molecule has 118 valence electrons. The average Bonchev–Trinajstić information content (AvgIpc) is 2.91. The van der Waals surface area contributed by atoms with E-state index in [4.69, 9.17) is 13.9 Å². The normalized spacial score (nSPS) is 15.9. The van der Waals surface area contributed by atoms with E-state index < -0.39 is 5.97 Å². The van der Waals surface area contributed by atoms with Crippen LogP contribution in [0.5, 0.6) is 11.5 Å². The lowest BCUT2D eigenvalue weighted by Gasteiger charge is -2.21. The van der Waals surface area contributed by atoms with Crippen LogP contribution in [0.1, 0.15) is 42.7 Å². The molecule has 0 saturated heterocycles. The number of fused-ring (bicyclic) bond motifs is 1. The van der Waals surface area contributed by atoms with Gasteiger partial charge in [0.25, 0.3) is 5.76 Å². The summed E-state index contributed by atoms with van der Waals surface area (Å²) in [6, 6.07) is 5.19. The predicted octanol–water partition coefficient (Wildman–Crippen LogP) is 4.10. The van der Waals surface area contributed by atoms with Gasteiger partial charge in [0, 0.05) is 0 Å². The molecule has 1 aromatic carbocycles. The molecule has 1 aliphatic carbocycles. The molecule has 22 heavy (non-hydrogen) atoms. The van der Waals surface area contributed by atoms with Crippen molar-refractivity contribution in [1.82, 2.24) is 0 Å². The molecule has 1 aromatic heterocycles. The molecule has 0 radical (unpaired) electrons. The first-order valence-corrected chi connectivity index (χ1v) is 7.65. The zero-order valence-electron chi connectivity index (χ0n) is 12.6. The van der Waals surface area contributed by atoms with Crippen LogP contribution in [0.2, 0.25) is 0 Å². The molecule has 0 bridgehead atoms. The minimum absolute atomic E-state index is 0.140. The van der Waals surface area contributed by atoms with E-state index >= 15 is 0 Å². The molecule has 3 rings (SSSR count). The largest absolute Gasteiger partial charge is 0.497 e. The van der Waals surface area contributed by atoms with E-state index in [-0.39, 0.29) is 5.76 Å². The molecule has 1 N–H and O–H groups in total. The molecule has 5 heteroatoms. The molecule has 0 amide bonds. The Kier molecular flexibility index (Phi) is 4.22. The van der Waals surface area contributed by atoms with E-state index in [2.05, 4.69) is 0 Å². The molecule has 5 nitrogen and oxygen atoms in total. The molecule has 1 aliphatic rings. The molecule has 2 aromatic rings. The third kappa shape index (κ3) is 2.89. The summed E-state index contributed by atoms with van der Waals surface area (Å²) in [5.41, 5.74) is 0.497. The van der Waals surface area contributed by atoms with Crippen LogP contribution >= 0.6 is 0 Å². The molecule has 1 fully saturated rings. The lowest BCUT2D eigenvalue weighted by atomic mass is 9.90. The Labute approximate surface area is 128 Å². The fraction of sp³-hybridized carbons (Fsp3) is 0.471. The van der Waals surface area contributed by atoms with E-state index in [0.29, 0.717) is 35.0 Å². The topological polar surface area (TPSA) is 68.9 Å². The van der Waals surface area contributed by atoms with Crippen molar-refractivity contribution >= 4 is 16.9 Å². The number of methoxy groups -OCH3 is 1. The van der Waals surface area contributed by atoms with Crippen molar-refractivity contribution in [3.05, 3.63) is 24.0 Å². The van der Waals surface area contributed by atoms with Crippen molar-refractivity contribution in [3.8, 4) is 11.5 Å². The highest BCUT2D eigenvalue weighted by atomic mass is 16.5. The Bertz CT molecular complexity index is 667. The second-order valence-corrected chi connectivity index (χ2v) is 5.74. The van der Waals surface area contributed by atoms with Gasteiger partial charge in [-0.15, -0.1) is 0 Å². The van der Waals surface area contributed by atoms with Crippen molar-refractivity contribution in [2.75, 3.05) is 13.7 Å². The number of carbonyl (C=O) groups is 1. The van der Waals surface area contributed by atoms with Gasteiger partial charge in [0.15, 0.2) is 5.75 Å². The molecule has 1 heterocycles. The van der Waals surface area contributed by atoms with Crippen LogP contribution < -0.4 is 9.47 Å². The molecule has 0 aliphatic heterocycles. The summed E-state index contributed by atoms with van der Waals surface area (Å²) in [4.78, 5) is 11.4. The number of hydrogen-bond donors (Lipinski definition) is 1. The zero-order valence-corrected chi connectivity index (χ0v) is 12.6. The first kappa shape index (κ1) is 14.8. The highest BCUT2D eigenvalue weighted by Crippen LogP contribution is 2.36. The van der Waals surface area contributed by atoms with Crippen LogP contribution in [0.25, 0.3) is 11.0 Å². The van der Waals surface area contributed by atoms with Crippen LogP contribution in [0.3, 0.4) is 0 Å². The van der Waals surface area contributed by atoms with Gasteiger partial charge in [-0.05, 0) is 37.0 Å². The number of hydrogen-bond acceptors (Lipinski definition) is 4. The third-order valence-corrected chi connectivity index (χ3v) is 4.23. The van der Waals surface area contributed by atoms with Crippen molar-refractivity contribution in [3.63, 3.8) is 0 Å². The summed E-state index contributed by atoms with van der Waals surface area (Å²) in [6.45, 7) is 0.534. The zero-order chi connectivity index (χ0) is 15.5. The van der Waals surface area contributed by atoms with Gasteiger partial charge in [-0.2, -0.15) is 0 Å². The summed E-state index contributed by atoms with van der Waals surface area (Å²) in [5, 5.41) is 9.97. The predicted molar refractivity (Wildman–Crippen MR) is 81.8 cm³/mol. The first-order valence-electron chi connectivity index (χ1n) is 7.65. The molecule has 0 atom stereocenters. The van der Waals surface area contributed by atoms with Gasteiger partial charge >= 0.3 is 5.97 Å². The fourth-order valence-electron chi connectivity index (χ4n) is 3.02. The summed E-state index contributed by atoms with van der Waals surface area (Å²) in [7, 11) is 1.57. The number of carboxylic acids is 1. The quantitative estimate of drug-likeness (QED) is 0.900. The minimum atomic E-state index is -1.12. The Morgan fingerprint density at radius 3 is 2.77 bits per heavy atom. The lowest BCUT2D eigenvalue weighted by molar-refractivity contribution is 0.0656. The number of furan rings is 1. The summed E-state index contributed by atoms with van der Waals surface area (Å²) >= 11 is 0. The summed E-state index contributed by atoms with van der Waals surface area (Å²) in [5.74, 6) is 0.193. The Morgan fingerprint density at radius 1 is 1.32 bits per heavy atom. The lowest BCUT2D eigenvalue weighted by Crippen LogP contribution is -2.16. The fourth-order valence-corrected chi connectivity index (χ4v) is 3.02. The number of rotatable bonds is 5. The van der Waals surface area contributed by atoms with Crippen molar-refractivity contribution in [2.45, 2.75) is 32.1 Å². The smallest absolute Gasteiger partial charge is 0.375 e. The Balaban J connectivity index is 1.90. The maximum Gasteiger partial charge on any atom is 0.375 e. The molecular weight excluding hydrogens is 284 g/mol. The van der Waals surface area contributed by atoms with E-state index in [1.165, 1.54) is 19.3 Å². The van der Waals surface area contributed by atoms with E-state index in [0.717, 1.165) is 12.8 Å². The standard InChI is InChI=1S/C17H20O5/c1-20-12-7-8-14-13(9-12)15(16(22-14)17(18)19)21-10-11-5-3-2-4-6-11/h7-9,11H,2-6,10H2,1H3,(H,18,19). The second-order valence-electron chi connectivity index (χ2n) is 5.74. The monoisotopic (exact) mass is 304 g/mol. The van der Waals surface area contributed by atoms with E-state index in [1.54, 1.807) is 25.3 Å². The van der Waals surface area contributed by atoms with Gasteiger partial charge in [-0.3, -0.25) is 0 Å².